The summed E-state index contributed by atoms with van der Waals surface area (Å²) in [5.74, 6) is -1.38. The Balaban J connectivity index is 1.80. The van der Waals surface area contributed by atoms with E-state index >= 15 is 0 Å². The summed E-state index contributed by atoms with van der Waals surface area (Å²) in [6.07, 6.45) is 1.78. The van der Waals surface area contributed by atoms with Gasteiger partial charge >= 0.3 is 0 Å². The van der Waals surface area contributed by atoms with Crippen molar-refractivity contribution < 1.29 is 22.9 Å². The van der Waals surface area contributed by atoms with Crippen LogP contribution in [0.2, 0.25) is 0 Å². The first kappa shape index (κ1) is 21.2. The Bertz CT molecular complexity index is 1100. The van der Waals surface area contributed by atoms with Crippen molar-refractivity contribution in [3.63, 3.8) is 0 Å². The minimum absolute atomic E-state index is 0.00480. The van der Waals surface area contributed by atoms with Crippen molar-refractivity contribution >= 4 is 33.4 Å². The molecule has 3 rings (SSSR count). The first-order chi connectivity index (χ1) is 14.2. The van der Waals surface area contributed by atoms with Crippen LogP contribution in [0.25, 0.3) is 6.08 Å². The molecule has 2 aromatic carbocycles. The van der Waals surface area contributed by atoms with E-state index < -0.39 is 32.6 Å². The molecule has 2 N–H and O–H groups in total. The van der Waals surface area contributed by atoms with E-state index in [4.69, 9.17) is 0 Å². The standard InChI is InChI=1S/C20H19N3O6S/c24-19(15-6-8-17(9-7-15)23(26)27)22-18(12-14-4-2-1-3-5-14)20(25)21-16-10-11-30(28,29)13-16/h1-9,12,16H,10-11,13H2,(H,21,25)(H,22,24)/b18-12+/t16-/m0/s1. The summed E-state index contributed by atoms with van der Waals surface area (Å²) in [4.78, 5) is 35.5. The summed E-state index contributed by atoms with van der Waals surface area (Å²) >= 11 is 0. The number of amides is 2. The number of hydrogen-bond donors (Lipinski definition) is 2. The molecule has 1 atom stereocenters. The monoisotopic (exact) mass is 429 g/mol. The van der Waals surface area contributed by atoms with Gasteiger partial charge in [0.2, 0.25) is 0 Å². The van der Waals surface area contributed by atoms with Crippen LogP contribution in [-0.2, 0) is 14.6 Å². The number of nitro groups is 1. The normalized spacial score (nSPS) is 17.9. The lowest BCUT2D eigenvalue weighted by atomic mass is 10.1. The number of carbonyl (C=O) groups is 2. The predicted octanol–water partition coefficient (Wildman–Crippen LogP) is 1.67. The summed E-state index contributed by atoms with van der Waals surface area (Å²) < 4.78 is 23.3. The number of nitrogens with zero attached hydrogens (tertiary/aromatic N) is 1. The third-order valence-corrected chi connectivity index (χ3v) is 6.28. The van der Waals surface area contributed by atoms with E-state index in [0.717, 1.165) is 0 Å². The Morgan fingerprint density at radius 2 is 1.73 bits per heavy atom. The Kier molecular flexibility index (Phi) is 6.26. The molecule has 1 heterocycles. The van der Waals surface area contributed by atoms with Gasteiger partial charge < -0.3 is 10.6 Å². The molecule has 0 spiro atoms. The molecule has 0 radical (unpaired) electrons. The van der Waals surface area contributed by atoms with Gasteiger partial charge in [-0.1, -0.05) is 30.3 Å². The van der Waals surface area contributed by atoms with Crippen molar-refractivity contribution in [2.24, 2.45) is 0 Å². The maximum atomic E-state index is 12.7. The van der Waals surface area contributed by atoms with Gasteiger partial charge in [0.1, 0.15) is 5.70 Å². The highest BCUT2D eigenvalue weighted by Gasteiger charge is 2.30. The van der Waals surface area contributed by atoms with Crippen LogP contribution in [0, 0.1) is 10.1 Å². The third kappa shape index (κ3) is 5.51. The first-order valence-corrected chi connectivity index (χ1v) is 10.9. The van der Waals surface area contributed by atoms with Crippen LogP contribution in [-0.4, -0.2) is 42.7 Å². The van der Waals surface area contributed by atoms with Crippen molar-refractivity contribution in [1.82, 2.24) is 10.6 Å². The van der Waals surface area contributed by atoms with Crippen molar-refractivity contribution in [3.8, 4) is 0 Å². The van der Waals surface area contributed by atoms with E-state index in [0.29, 0.717) is 12.0 Å². The van der Waals surface area contributed by atoms with Crippen LogP contribution in [0.1, 0.15) is 22.3 Å². The van der Waals surface area contributed by atoms with Crippen molar-refractivity contribution in [3.05, 3.63) is 81.5 Å². The maximum absolute atomic E-state index is 12.7. The van der Waals surface area contributed by atoms with Crippen molar-refractivity contribution in [1.29, 1.82) is 0 Å². The number of sulfone groups is 1. The van der Waals surface area contributed by atoms with Gasteiger partial charge in [0.25, 0.3) is 17.5 Å². The molecule has 2 amide bonds. The van der Waals surface area contributed by atoms with E-state index in [1.54, 1.807) is 30.3 Å². The Hall–Kier alpha value is -3.53. The van der Waals surface area contributed by atoms with Gasteiger partial charge in [-0.05, 0) is 30.2 Å². The fourth-order valence-corrected chi connectivity index (χ4v) is 4.65. The van der Waals surface area contributed by atoms with E-state index in [1.807, 2.05) is 0 Å². The fraction of sp³-hybridized carbons (Fsp3) is 0.200. The van der Waals surface area contributed by atoms with Gasteiger partial charge in [-0.2, -0.15) is 0 Å². The second-order valence-corrected chi connectivity index (χ2v) is 9.03. The molecule has 1 fully saturated rings. The Morgan fingerprint density at radius 1 is 1.07 bits per heavy atom. The topological polar surface area (TPSA) is 135 Å². The number of rotatable bonds is 6. The number of non-ortho nitro benzene ring substituents is 1. The summed E-state index contributed by atoms with van der Waals surface area (Å²) in [5.41, 5.74) is 0.571. The predicted molar refractivity (Wildman–Crippen MR) is 110 cm³/mol. The second kappa shape index (κ2) is 8.87. The summed E-state index contributed by atoms with van der Waals surface area (Å²) in [6.45, 7) is 0. The fourth-order valence-electron chi connectivity index (χ4n) is 2.98. The highest BCUT2D eigenvalue weighted by molar-refractivity contribution is 7.91. The smallest absolute Gasteiger partial charge is 0.269 e. The van der Waals surface area contributed by atoms with E-state index in [-0.39, 0.29) is 28.5 Å². The van der Waals surface area contributed by atoms with Crippen LogP contribution in [0.4, 0.5) is 5.69 Å². The summed E-state index contributed by atoms with van der Waals surface area (Å²) in [6, 6.07) is 13.2. The maximum Gasteiger partial charge on any atom is 0.269 e. The average Bonchev–Trinajstić information content (AvgIpc) is 3.06. The van der Waals surface area contributed by atoms with Crippen molar-refractivity contribution in [2.75, 3.05) is 11.5 Å². The second-order valence-electron chi connectivity index (χ2n) is 6.80. The van der Waals surface area contributed by atoms with Gasteiger partial charge in [0, 0.05) is 23.7 Å². The number of nitrogens with one attached hydrogen (secondary N) is 2. The van der Waals surface area contributed by atoms with Gasteiger partial charge in [-0.15, -0.1) is 0 Å². The number of benzene rings is 2. The minimum Gasteiger partial charge on any atom is -0.347 e. The van der Waals surface area contributed by atoms with E-state index in [9.17, 15) is 28.1 Å². The number of nitro benzene ring substituents is 1. The molecule has 10 heteroatoms. The molecular formula is C20H19N3O6S. The lowest BCUT2D eigenvalue weighted by molar-refractivity contribution is -0.384. The van der Waals surface area contributed by atoms with Gasteiger partial charge in [-0.3, -0.25) is 19.7 Å². The molecular weight excluding hydrogens is 410 g/mol. The molecule has 0 aliphatic carbocycles. The minimum atomic E-state index is -3.18. The molecule has 30 heavy (non-hydrogen) atoms. The van der Waals surface area contributed by atoms with Crippen LogP contribution >= 0.6 is 0 Å². The highest BCUT2D eigenvalue weighted by atomic mass is 32.2. The first-order valence-electron chi connectivity index (χ1n) is 9.07. The van der Waals surface area contributed by atoms with Crippen LogP contribution in [0.3, 0.4) is 0 Å². The van der Waals surface area contributed by atoms with Gasteiger partial charge in [-0.25, -0.2) is 8.42 Å². The third-order valence-electron chi connectivity index (χ3n) is 4.51. The molecule has 1 aliphatic rings. The largest absolute Gasteiger partial charge is 0.347 e. The van der Waals surface area contributed by atoms with Crippen LogP contribution in [0.15, 0.2) is 60.3 Å². The molecule has 0 saturated carbocycles. The molecule has 9 nitrogen and oxygen atoms in total. The summed E-state index contributed by atoms with van der Waals surface area (Å²) in [5, 5.41) is 15.9. The molecule has 0 aromatic heterocycles. The summed E-state index contributed by atoms with van der Waals surface area (Å²) in [7, 11) is -3.18. The lowest BCUT2D eigenvalue weighted by Crippen LogP contribution is -2.41. The lowest BCUT2D eigenvalue weighted by Gasteiger charge is -2.14. The Labute approximate surface area is 172 Å². The number of hydrogen-bond acceptors (Lipinski definition) is 6. The van der Waals surface area contributed by atoms with E-state index in [1.165, 1.54) is 30.3 Å². The molecule has 156 valence electrons. The molecule has 1 aliphatic heterocycles. The number of carbonyl (C=O) groups excluding carboxylic acids is 2. The molecule has 0 bridgehead atoms. The van der Waals surface area contributed by atoms with Gasteiger partial charge in [0.05, 0.1) is 16.4 Å². The zero-order valence-corrected chi connectivity index (χ0v) is 16.6. The van der Waals surface area contributed by atoms with Gasteiger partial charge in [0.15, 0.2) is 9.84 Å². The van der Waals surface area contributed by atoms with E-state index in [2.05, 4.69) is 10.6 Å². The molecule has 1 saturated heterocycles. The average molecular weight is 429 g/mol. The molecule has 0 unspecified atom stereocenters. The quantitative estimate of drug-likeness (QED) is 0.407. The zero-order chi connectivity index (χ0) is 21.7. The molecule has 2 aromatic rings. The van der Waals surface area contributed by atoms with Crippen LogP contribution < -0.4 is 10.6 Å². The van der Waals surface area contributed by atoms with Crippen LogP contribution in [0.5, 0.6) is 0 Å². The SMILES string of the molecule is O=C(N[C@H]1CCS(=O)(=O)C1)/C(=C\c1ccccc1)NC(=O)c1ccc([N+](=O)[O-])cc1. The van der Waals surface area contributed by atoms with Crippen molar-refractivity contribution in [2.45, 2.75) is 12.5 Å². The zero-order valence-electron chi connectivity index (χ0n) is 15.8. The highest BCUT2D eigenvalue weighted by Crippen LogP contribution is 2.14. The Morgan fingerprint density at radius 3 is 2.30 bits per heavy atom.